The number of likely N-dealkylation sites (tertiary alicyclic amines) is 1. The van der Waals surface area contributed by atoms with Crippen molar-refractivity contribution in [2.75, 3.05) is 70.2 Å². The number of nitrogens with one attached hydrogen (secondary N) is 3. The summed E-state index contributed by atoms with van der Waals surface area (Å²) < 4.78 is 24.9. The Hall–Kier alpha value is -5.15. The predicted octanol–water partition coefficient (Wildman–Crippen LogP) is 3.19. The quantitative estimate of drug-likeness (QED) is 0.112. The van der Waals surface area contributed by atoms with Gasteiger partial charge in [-0.25, -0.2) is 19.3 Å². The second kappa shape index (κ2) is 16.1. The van der Waals surface area contributed by atoms with Gasteiger partial charge in [-0.3, -0.25) is 4.90 Å². The lowest BCUT2D eigenvalue weighted by molar-refractivity contribution is -0.108. The van der Waals surface area contributed by atoms with E-state index in [1.54, 1.807) is 12.3 Å². The first-order chi connectivity index (χ1) is 23.3. The van der Waals surface area contributed by atoms with Crippen LogP contribution in [0.1, 0.15) is 18.9 Å². The highest BCUT2D eigenvalue weighted by molar-refractivity contribution is 6.01. The molecule has 0 saturated carbocycles. The predicted molar refractivity (Wildman–Crippen MR) is 184 cm³/mol. The summed E-state index contributed by atoms with van der Waals surface area (Å²) in [5.74, 6) is 0.490. The summed E-state index contributed by atoms with van der Waals surface area (Å²) in [4.78, 5) is 39.0. The van der Waals surface area contributed by atoms with E-state index < -0.39 is 5.82 Å². The van der Waals surface area contributed by atoms with Gasteiger partial charge in [-0.05, 0) is 38.0 Å². The van der Waals surface area contributed by atoms with Crippen molar-refractivity contribution in [3.05, 3.63) is 59.9 Å². The van der Waals surface area contributed by atoms with Gasteiger partial charge in [-0.15, -0.1) is 0 Å². The molecule has 14 nitrogen and oxygen atoms in total. The van der Waals surface area contributed by atoms with E-state index in [1.165, 1.54) is 0 Å². The summed E-state index contributed by atoms with van der Waals surface area (Å²) in [6.45, 7) is 8.09. The summed E-state index contributed by atoms with van der Waals surface area (Å²) in [7, 11) is 3.73. The number of para-hydroxylation sites is 1. The molecule has 48 heavy (non-hydrogen) atoms. The molecule has 0 aliphatic carbocycles. The highest BCUT2D eigenvalue weighted by Crippen LogP contribution is 2.33. The van der Waals surface area contributed by atoms with Crippen molar-refractivity contribution >= 4 is 40.5 Å². The molecule has 254 valence electrons. The van der Waals surface area contributed by atoms with Gasteiger partial charge >= 0.3 is 6.01 Å². The first-order valence-electron chi connectivity index (χ1n) is 15.8. The highest BCUT2D eigenvalue weighted by atomic mass is 19.1. The zero-order valence-corrected chi connectivity index (χ0v) is 27.7. The number of aromatic amines is 1. The van der Waals surface area contributed by atoms with Crippen LogP contribution < -0.4 is 26.0 Å². The van der Waals surface area contributed by atoms with E-state index in [0.29, 0.717) is 51.2 Å². The van der Waals surface area contributed by atoms with E-state index in [0.717, 1.165) is 64.6 Å². The molecule has 2 saturated heterocycles. The number of carbonyl (C=O) groups excluding carboxylic acids is 1. The molecule has 1 unspecified atom stereocenters. The van der Waals surface area contributed by atoms with Crippen molar-refractivity contribution in [2.24, 2.45) is 10.7 Å². The monoisotopic (exact) mass is 659 g/mol. The third-order valence-electron chi connectivity index (χ3n) is 8.03. The zero-order chi connectivity index (χ0) is 34.0. The van der Waals surface area contributed by atoms with Crippen LogP contribution in [-0.2, 0) is 9.53 Å². The topological polar surface area (TPSA) is 172 Å². The first-order valence-corrected chi connectivity index (χ1v) is 15.8. The largest absolute Gasteiger partial charge is 0.459 e. The normalized spacial score (nSPS) is 17.2. The number of rotatable bonds is 10. The van der Waals surface area contributed by atoms with Crippen molar-refractivity contribution in [1.82, 2.24) is 35.1 Å². The average Bonchev–Trinajstić information content (AvgIpc) is 3.74. The molecule has 0 amide bonds. The van der Waals surface area contributed by atoms with Gasteiger partial charge in [-0.1, -0.05) is 12.1 Å². The van der Waals surface area contributed by atoms with Crippen LogP contribution in [0.25, 0.3) is 22.2 Å². The number of aldehydes is 1. The standard InChI is InChI=1S/C19H23N7.C14H19FN4O3/c1-11-9-24-19(25-16(20)8-12(2)21-3)26-17(11)14-10-23-18-13(14)6-5-7-15(18)22-4;15-12-9-16-14(17-13(12)19-4-7-21-8-5-19)22-11-1-2-18(10-11)3-6-20/h5-10,21-23H,1-4H3,(H2,20,24,25,26);6,9,11H,1-5,7-8,10H2/b12-8-;. The summed E-state index contributed by atoms with van der Waals surface area (Å²) in [6.07, 6.45) is 8.24. The molecule has 0 bridgehead atoms. The van der Waals surface area contributed by atoms with Gasteiger partial charge in [0.15, 0.2) is 11.6 Å². The van der Waals surface area contributed by atoms with Crippen LogP contribution in [0.3, 0.4) is 0 Å². The number of aryl methyl sites for hydroxylation is 1. The van der Waals surface area contributed by atoms with Crippen molar-refractivity contribution in [3.63, 3.8) is 0 Å². The molecule has 2 aliphatic heterocycles. The average molecular weight is 660 g/mol. The van der Waals surface area contributed by atoms with Crippen molar-refractivity contribution in [2.45, 2.75) is 26.4 Å². The lowest BCUT2D eigenvalue weighted by Crippen LogP contribution is -2.37. The number of halogens is 1. The van der Waals surface area contributed by atoms with Gasteiger partial charge in [0.1, 0.15) is 18.2 Å². The Bertz CT molecular complexity index is 1770. The number of nitrogens with two attached hydrogens (primary N) is 1. The summed E-state index contributed by atoms with van der Waals surface area (Å²) in [6, 6.07) is 6.30. The number of allylic oxidation sites excluding steroid dienone is 1. The fourth-order valence-corrected chi connectivity index (χ4v) is 5.47. The third-order valence-corrected chi connectivity index (χ3v) is 8.03. The lowest BCUT2D eigenvalue weighted by Gasteiger charge is -2.28. The Morgan fingerprint density at radius 1 is 1.21 bits per heavy atom. The molecular weight excluding hydrogens is 617 g/mol. The second-order valence-electron chi connectivity index (χ2n) is 11.4. The molecule has 2 aliphatic rings. The van der Waals surface area contributed by atoms with Crippen LogP contribution in [0.2, 0.25) is 0 Å². The fourth-order valence-electron chi connectivity index (χ4n) is 5.47. The minimum Gasteiger partial charge on any atom is -0.459 e. The number of anilines is 2. The fraction of sp³-hybridized carbons (Fsp3) is 0.394. The lowest BCUT2D eigenvalue weighted by atomic mass is 10.1. The number of hydrogen-bond acceptors (Lipinski definition) is 12. The number of benzene rings is 1. The maximum absolute atomic E-state index is 13.9. The number of H-pyrrole nitrogens is 1. The van der Waals surface area contributed by atoms with Crippen LogP contribution in [0.15, 0.2) is 53.6 Å². The van der Waals surface area contributed by atoms with Crippen LogP contribution in [0.4, 0.5) is 21.8 Å². The van der Waals surface area contributed by atoms with Crippen LogP contribution in [0, 0.1) is 12.7 Å². The Kier molecular flexibility index (Phi) is 11.5. The maximum atomic E-state index is 13.9. The van der Waals surface area contributed by atoms with Gasteiger partial charge in [-0.2, -0.15) is 9.98 Å². The number of amidine groups is 1. The summed E-state index contributed by atoms with van der Waals surface area (Å²) in [5.41, 5.74) is 11.8. The number of morpholine rings is 1. The first kappa shape index (κ1) is 34.2. The molecule has 0 spiro atoms. The van der Waals surface area contributed by atoms with Gasteiger partial charge < -0.3 is 40.5 Å². The van der Waals surface area contributed by atoms with Crippen LogP contribution in [0.5, 0.6) is 6.01 Å². The zero-order valence-electron chi connectivity index (χ0n) is 27.7. The Morgan fingerprint density at radius 2 is 2.02 bits per heavy atom. The molecule has 3 aromatic heterocycles. The third kappa shape index (κ3) is 8.41. The van der Waals surface area contributed by atoms with Gasteiger partial charge in [0.25, 0.3) is 5.95 Å². The number of aliphatic imine (C=N–C) groups is 1. The molecule has 0 radical (unpaired) electrons. The van der Waals surface area contributed by atoms with E-state index in [1.807, 2.05) is 56.1 Å². The van der Waals surface area contributed by atoms with Gasteiger partial charge in [0.2, 0.25) is 0 Å². The molecule has 15 heteroatoms. The molecule has 1 atom stereocenters. The molecule has 4 aromatic rings. The number of fused-ring (bicyclic) bond motifs is 1. The number of ether oxygens (including phenoxy) is 2. The molecule has 5 heterocycles. The Balaban J connectivity index is 0.000000190. The smallest absolute Gasteiger partial charge is 0.318 e. The maximum Gasteiger partial charge on any atom is 0.318 e. The van der Waals surface area contributed by atoms with Crippen molar-refractivity contribution in [3.8, 4) is 17.3 Å². The van der Waals surface area contributed by atoms with E-state index in [-0.39, 0.29) is 17.9 Å². The SMILES string of the molecule is CN/C(C)=C\C(N)=N/c1ncc(C)c(-c2c[nH]c3c(NC)cccc23)n1.O=CCN1CCC(Oc2ncc(F)c(N3CCOCC3)n2)C1. The van der Waals surface area contributed by atoms with Crippen molar-refractivity contribution in [1.29, 1.82) is 0 Å². The van der Waals surface area contributed by atoms with E-state index >= 15 is 0 Å². The number of hydrogen-bond donors (Lipinski definition) is 4. The van der Waals surface area contributed by atoms with Crippen LogP contribution >= 0.6 is 0 Å². The minimum atomic E-state index is -0.455. The molecule has 6 rings (SSSR count). The summed E-state index contributed by atoms with van der Waals surface area (Å²) in [5, 5.41) is 7.29. The Labute approximate surface area is 278 Å². The van der Waals surface area contributed by atoms with Crippen molar-refractivity contribution < 1.29 is 18.7 Å². The number of carbonyl (C=O) groups is 1. The highest BCUT2D eigenvalue weighted by Gasteiger charge is 2.25. The van der Waals surface area contributed by atoms with E-state index in [2.05, 4.69) is 46.6 Å². The van der Waals surface area contributed by atoms with E-state index in [4.69, 9.17) is 15.2 Å². The molecular formula is C33H42FN11O3. The summed E-state index contributed by atoms with van der Waals surface area (Å²) >= 11 is 0. The molecule has 2 fully saturated rings. The van der Waals surface area contributed by atoms with Gasteiger partial charge in [0, 0.05) is 69.3 Å². The van der Waals surface area contributed by atoms with Crippen LogP contribution in [-0.4, -0.2) is 108 Å². The number of nitrogens with zero attached hydrogens (tertiary/aromatic N) is 7. The molecule has 5 N–H and O–H groups in total. The second-order valence-corrected chi connectivity index (χ2v) is 11.4. The van der Waals surface area contributed by atoms with E-state index in [9.17, 15) is 9.18 Å². The Morgan fingerprint density at radius 3 is 2.77 bits per heavy atom. The molecule has 1 aromatic carbocycles. The number of aromatic nitrogens is 5. The van der Waals surface area contributed by atoms with Gasteiger partial charge in [0.05, 0.1) is 42.9 Å². The minimum absolute atomic E-state index is 0.0667.